The maximum atomic E-state index is 11.5. The summed E-state index contributed by atoms with van der Waals surface area (Å²) in [7, 11) is 0. The molecule has 0 bridgehead atoms. The van der Waals surface area contributed by atoms with E-state index in [-0.39, 0.29) is 5.88 Å². The van der Waals surface area contributed by atoms with Gasteiger partial charge in [-0.25, -0.2) is 4.98 Å². The fourth-order valence-corrected chi connectivity index (χ4v) is 1.36. The van der Waals surface area contributed by atoms with Gasteiger partial charge in [-0.15, -0.1) is 0 Å². The summed E-state index contributed by atoms with van der Waals surface area (Å²) in [5.74, 6) is 5.30. The van der Waals surface area contributed by atoms with Gasteiger partial charge in [0, 0.05) is 5.39 Å². The van der Waals surface area contributed by atoms with Crippen molar-refractivity contribution in [2.45, 2.75) is 6.92 Å². The molecular weight excluding hydrogens is 174 g/mol. The van der Waals surface area contributed by atoms with Crippen LogP contribution in [0.5, 0.6) is 5.88 Å². The molecule has 0 aliphatic heterocycles. The Hall–Kier alpha value is -2.01. The van der Waals surface area contributed by atoms with Gasteiger partial charge in [0.25, 0.3) is 5.88 Å². The molecule has 0 fully saturated rings. The lowest BCUT2D eigenvalue weighted by Crippen LogP contribution is -1.83. The van der Waals surface area contributed by atoms with Gasteiger partial charge in [-0.05, 0) is 30.4 Å². The summed E-state index contributed by atoms with van der Waals surface area (Å²) in [6.07, 6.45) is 0. The first-order valence-corrected chi connectivity index (χ1v) is 4.31. The lowest BCUT2D eigenvalue weighted by atomic mass is 10.1. The summed E-state index contributed by atoms with van der Waals surface area (Å²) >= 11 is 0. The summed E-state index contributed by atoms with van der Waals surface area (Å²) in [5, 5.41) is 13.0. The fraction of sp³-hybridized carbons (Fsp3) is 0.0833. The van der Waals surface area contributed by atoms with Crippen molar-refractivity contribution >= 4 is 10.8 Å². The van der Waals surface area contributed by atoms with Crippen molar-refractivity contribution < 1.29 is 5.11 Å². The zero-order valence-corrected chi connectivity index (χ0v) is 7.74. The van der Waals surface area contributed by atoms with Gasteiger partial charge in [0.2, 0.25) is 0 Å². The molecule has 0 saturated heterocycles. The molecule has 0 spiro atoms. The second kappa shape index (κ2) is 3.39. The minimum absolute atomic E-state index is 0.208. The van der Waals surface area contributed by atoms with Gasteiger partial charge in [-0.1, -0.05) is 24.1 Å². The summed E-state index contributed by atoms with van der Waals surface area (Å²) in [5.41, 5.74) is 0.538. The van der Waals surface area contributed by atoms with Gasteiger partial charge in [-0.2, -0.15) is 0 Å². The normalized spacial score (nSPS) is 9.50. The van der Waals surface area contributed by atoms with E-state index in [1.807, 2.05) is 24.3 Å². The number of hydrogen-bond donors (Lipinski definition) is 0. The van der Waals surface area contributed by atoms with Crippen LogP contribution in [0.2, 0.25) is 0 Å². The third-order valence-corrected chi connectivity index (χ3v) is 1.96. The predicted molar refractivity (Wildman–Crippen MR) is 54.4 cm³/mol. The van der Waals surface area contributed by atoms with E-state index in [0.29, 0.717) is 11.1 Å². The second-order valence-electron chi connectivity index (χ2n) is 2.91. The first-order chi connectivity index (χ1) is 6.81. The minimum Gasteiger partial charge on any atom is -0.267 e. The highest BCUT2D eigenvalue weighted by molar-refractivity contribution is 5.87. The third-order valence-electron chi connectivity index (χ3n) is 1.96. The van der Waals surface area contributed by atoms with Crippen LogP contribution in [0.3, 0.4) is 0 Å². The lowest BCUT2D eigenvalue weighted by Gasteiger charge is -1.98. The van der Waals surface area contributed by atoms with Crippen LogP contribution < -0.4 is 0 Å². The van der Waals surface area contributed by atoms with E-state index in [0.717, 1.165) is 5.39 Å². The Labute approximate surface area is 82.2 Å². The van der Waals surface area contributed by atoms with Crippen LogP contribution in [0.4, 0.5) is 0 Å². The molecule has 0 unspecified atom stereocenters. The SMILES string of the molecule is CC#Cc1cc2ccccc2c([O])n1. The number of aromatic nitrogens is 1. The molecule has 67 valence electrons. The molecule has 2 heteroatoms. The van der Waals surface area contributed by atoms with Crippen LogP contribution >= 0.6 is 0 Å². The van der Waals surface area contributed by atoms with Crippen LogP contribution in [-0.2, 0) is 5.11 Å². The van der Waals surface area contributed by atoms with E-state index in [1.165, 1.54) is 0 Å². The average molecular weight is 182 g/mol. The van der Waals surface area contributed by atoms with Crippen molar-refractivity contribution in [1.29, 1.82) is 0 Å². The third kappa shape index (κ3) is 1.40. The summed E-state index contributed by atoms with van der Waals surface area (Å²) in [6.45, 7) is 1.72. The number of nitrogens with zero attached hydrogens (tertiary/aromatic N) is 1. The molecule has 1 heterocycles. The summed E-state index contributed by atoms with van der Waals surface area (Å²) in [6, 6.07) is 9.21. The summed E-state index contributed by atoms with van der Waals surface area (Å²) < 4.78 is 0. The molecule has 1 aromatic heterocycles. The van der Waals surface area contributed by atoms with Gasteiger partial charge in [-0.3, -0.25) is 5.11 Å². The standard InChI is InChI=1S/C12H8NO/c1-2-5-10-8-9-6-3-4-7-11(9)12(14)13-10/h3-4,6-8H,1H3. The van der Waals surface area contributed by atoms with Gasteiger partial charge in [0.1, 0.15) is 5.69 Å². The number of pyridine rings is 1. The molecule has 2 rings (SSSR count). The quantitative estimate of drug-likeness (QED) is 0.576. The molecule has 0 saturated carbocycles. The average Bonchev–Trinajstić information content (AvgIpc) is 2.18. The van der Waals surface area contributed by atoms with Crippen LogP contribution in [0.1, 0.15) is 12.6 Å². The largest absolute Gasteiger partial charge is 0.278 e. The van der Waals surface area contributed by atoms with Crippen molar-refractivity contribution in [2.24, 2.45) is 0 Å². The maximum Gasteiger partial charge on any atom is 0.278 e. The maximum absolute atomic E-state index is 11.5. The van der Waals surface area contributed by atoms with E-state index in [1.54, 1.807) is 13.0 Å². The first-order valence-electron chi connectivity index (χ1n) is 4.31. The molecule has 0 aliphatic carbocycles. The highest BCUT2D eigenvalue weighted by Crippen LogP contribution is 2.23. The Kier molecular flexibility index (Phi) is 2.08. The van der Waals surface area contributed by atoms with Crippen LogP contribution in [-0.4, -0.2) is 4.98 Å². The van der Waals surface area contributed by atoms with Gasteiger partial charge in [0.15, 0.2) is 0 Å². The van der Waals surface area contributed by atoms with Crippen molar-refractivity contribution in [3.63, 3.8) is 0 Å². The smallest absolute Gasteiger partial charge is 0.267 e. The molecule has 14 heavy (non-hydrogen) atoms. The Bertz CT molecular complexity index is 535. The van der Waals surface area contributed by atoms with Crippen molar-refractivity contribution in [3.05, 3.63) is 36.0 Å². The molecule has 0 aliphatic rings. The Morgan fingerprint density at radius 1 is 1.29 bits per heavy atom. The Morgan fingerprint density at radius 2 is 2.07 bits per heavy atom. The van der Waals surface area contributed by atoms with Crippen LogP contribution in [0, 0.1) is 11.8 Å². The molecule has 0 N–H and O–H groups in total. The first kappa shape index (κ1) is 8.58. The van der Waals surface area contributed by atoms with E-state index < -0.39 is 0 Å². The number of rotatable bonds is 0. The lowest BCUT2D eigenvalue weighted by molar-refractivity contribution is 0.343. The molecule has 2 nitrogen and oxygen atoms in total. The summed E-state index contributed by atoms with van der Waals surface area (Å²) in [4.78, 5) is 3.86. The van der Waals surface area contributed by atoms with Gasteiger partial charge < -0.3 is 0 Å². The number of fused-ring (bicyclic) bond motifs is 1. The Balaban J connectivity index is 2.76. The number of benzene rings is 1. The van der Waals surface area contributed by atoms with Crippen molar-refractivity contribution in [3.8, 4) is 17.7 Å². The fourth-order valence-electron chi connectivity index (χ4n) is 1.36. The van der Waals surface area contributed by atoms with Gasteiger partial charge >= 0.3 is 0 Å². The highest BCUT2D eigenvalue weighted by atomic mass is 16.3. The topological polar surface area (TPSA) is 32.8 Å². The molecule has 1 aromatic carbocycles. The predicted octanol–water partition coefficient (Wildman–Crippen LogP) is 2.75. The minimum atomic E-state index is -0.208. The Morgan fingerprint density at radius 3 is 2.86 bits per heavy atom. The van der Waals surface area contributed by atoms with Gasteiger partial charge in [0.05, 0.1) is 0 Å². The van der Waals surface area contributed by atoms with Crippen LogP contribution in [0.15, 0.2) is 30.3 Å². The van der Waals surface area contributed by atoms with Crippen molar-refractivity contribution in [1.82, 2.24) is 4.98 Å². The zero-order chi connectivity index (χ0) is 9.97. The molecule has 2 aromatic rings. The van der Waals surface area contributed by atoms with Crippen molar-refractivity contribution in [2.75, 3.05) is 0 Å². The van der Waals surface area contributed by atoms with E-state index in [2.05, 4.69) is 16.8 Å². The van der Waals surface area contributed by atoms with Crippen LogP contribution in [0.25, 0.3) is 10.8 Å². The highest BCUT2D eigenvalue weighted by Gasteiger charge is 2.03. The molecule has 1 radical (unpaired) electrons. The molecule has 0 atom stereocenters. The second-order valence-corrected chi connectivity index (χ2v) is 2.91. The molecular formula is C12H8NO. The zero-order valence-electron chi connectivity index (χ0n) is 7.74. The monoisotopic (exact) mass is 182 g/mol. The van der Waals surface area contributed by atoms with E-state index >= 15 is 0 Å². The number of hydrogen-bond acceptors (Lipinski definition) is 1. The van der Waals surface area contributed by atoms with E-state index in [4.69, 9.17) is 0 Å². The molecule has 0 amide bonds. The van der Waals surface area contributed by atoms with E-state index in [9.17, 15) is 5.11 Å².